The van der Waals surface area contributed by atoms with Gasteiger partial charge < -0.3 is 30.2 Å². The number of alkyl carbamates (subject to hydrolysis) is 3. The van der Waals surface area contributed by atoms with E-state index in [0.29, 0.717) is 67.3 Å². The van der Waals surface area contributed by atoms with E-state index in [4.69, 9.17) is 45.8 Å². The predicted octanol–water partition coefficient (Wildman–Crippen LogP) is 13.9. The number of nitrogens with zero attached hydrogens (tertiary/aromatic N) is 12. The smallest absolute Gasteiger partial charge is 0.407 e. The molecule has 0 saturated carbocycles. The van der Waals surface area contributed by atoms with E-state index in [9.17, 15) is 39.6 Å². The molecule has 0 spiro atoms. The van der Waals surface area contributed by atoms with Crippen LogP contribution in [-0.2, 0) is 63.5 Å². The van der Waals surface area contributed by atoms with E-state index < -0.39 is 103 Å². The van der Waals surface area contributed by atoms with Crippen molar-refractivity contribution >= 4 is 100 Å². The van der Waals surface area contributed by atoms with E-state index in [-0.39, 0.29) is 109 Å². The first kappa shape index (κ1) is 76.0. The summed E-state index contributed by atoms with van der Waals surface area (Å²) in [7, 11) is -7.69. The van der Waals surface area contributed by atoms with Crippen LogP contribution in [0.4, 0.5) is 44.6 Å². The number of aryl methyl sites for hydroxylation is 3. The summed E-state index contributed by atoms with van der Waals surface area (Å²) < 4.78 is 205. The van der Waals surface area contributed by atoms with Crippen molar-refractivity contribution in [2.24, 2.45) is 0 Å². The summed E-state index contributed by atoms with van der Waals surface area (Å²) in [5, 5.41) is 21.1. The highest BCUT2D eigenvalue weighted by atomic mass is 35.5. The van der Waals surface area contributed by atoms with Crippen molar-refractivity contribution in [1.82, 2.24) is 75.2 Å². The van der Waals surface area contributed by atoms with Crippen molar-refractivity contribution in [1.29, 1.82) is 0 Å². The van der Waals surface area contributed by atoms with Crippen LogP contribution in [0.3, 0.4) is 0 Å². The van der Waals surface area contributed by atoms with Crippen LogP contribution >= 0.6 is 34.8 Å². The van der Waals surface area contributed by atoms with Crippen molar-refractivity contribution in [2.45, 2.75) is 144 Å². The average Bonchev–Trinajstić information content (AvgIpc) is 1.61. The molecular weight excluding hydrogens is 1540 g/mol. The number of carbonyl (C=O) groups excluding carboxylic acids is 3. The molecule has 3 aromatic carbocycles. The van der Waals surface area contributed by atoms with Crippen molar-refractivity contribution < 1.29 is 78.0 Å². The third-order valence-corrected chi connectivity index (χ3v) is 17.6. The maximum Gasteiger partial charge on any atom is 0.407 e. The van der Waals surface area contributed by atoms with Crippen LogP contribution < -0.4 is 30.1 Å². The monoisotopic (exact) mass is 1640 g/mol. The van der Waals surface area contributed by atoms with E-state index in [1.54, 1.807) is 37.0 Å². The molecule has 0 bridgehead atoms. The standard InChI is InChI=1S/3C23H28ClFN6O4S.CH4/c3*1-13(2)31-12-17(18-8-9-26-20(28-18)7-6-14(3)27-23(32)35-4)22(29-31)16-10-15(24)11-19(21(16)25)30-36(5,33)34;/h3*8-14,30H,6-7H2,1-5H3,(H,27,32);1H4/i2*1D3,13D;;. The second-order valence-corrected chi connectivity index (χ2v) is 31.2. The Balaban J connectivity index is 0.000000272. The highest BCUT2D eigenvalue weighted by molar-refractivity contribution is 7.92. The van der Waals surface area contributed by atoms with Gasteiger partial charge in [-0.1, -0.05) is 42.2 Å². The maximum absolute atomic E-state index is 15.7. The molecule has 9 aromatic rings. The zero-order chi connectivity index (χ0) is 86.7. The number of nitrogens with one attached hydrogen (secondary N) is 6. The Bertz CT molecular complexity index is 5220. The van der Waals surface area contributed by atoms with Gasteiger partial charge in [-0.2, -0.15) is 15.3 Å². The van der Waals surface area contributed by atoms with Gasteiger partial charge in [-0.3, -0.25) is 28.2 Å². The number of hydrogen-bond donors (Lipinski definition) is 6. The summed E-state index contributed by atoms with van der Waals surface area (Å²) in [6, 6.07) is 6.62. The second kappa shape index (κ2) is 38.6. The van der Waals surface area contributed by atoms with E-state index in [1.807, 2.05) is 20.8 Å². The molecule has 0 aliphatic carbocycles. The van der Waals surface area contributed by atoms with Crippen molar-refractivity contribution in [3.63, 3.8) is 0 Å². The van der Waals surface area contributed by atoms with E-state index in [2.05, 4.69) is 89.5 Å². The van der Waals surface area contributed by atoms with Gasteiger partial charge in [0.05, 0.1) is 77.0 Å². The highest BCUT2D eigenvalue weighted by Crippen LogP contribution is 2.41. The third kappa shape index (κ3) is 25.7. The fourth-order valence-corrected chi connectivity index (χ4v) is 12.4. The molecule has 30 nitrogen and oxygen atoms in total. The molecule has 5 atom stereocenters. The SMILES string of the molecule is C.COC(=O)NC(C)CCc1nccc(-c2cn(C(C)C)nc2-c2cc(Cl)cc(NS(C)(=O)=O)c2F)n1.[2H]C([2H])([2H])C([2H])(C)n1cc(-c2ccnc(CCC(C)NC(=O)OC)n2)c(-c2cc(Cl)cc(NS(C)(=O)=O)c2F)n1.[2H]C([2H])([2H])C([2H])(C)n1cc(-c2ccnc(CCC(C)NC(=O)OC)n2)c(-c2cc(Cl)cc(NS(C)(=O)=O)c2F)n1. The lowest BCUT2D eigenvalue weighted by atomic mass is 10.0. The Hall–Kier alpha value is -9.75. The van der Waals surface area contributed by atoms with Crippen LogP contribution in [-0.4, -0.2) is 161 Å². The van der Waals surface area contributed by atoms with Crippen LogP contribution in [0, 0.1) is 17.5 Å². The van der Waals surface area contributed by atoms with Crippen LogP contribution in [0.5, 0.6) is 0 Å². The van der Waals surface area contributed by atoms with E-state index >= 15 is 13.2 Å². The largest absolute Gasteiger partial charge is 0.453 e. The average molecular weight is 1640 g/mol. The molecule has 0 radical (unpaired) electrons. The van der Waals surface area contributed by atoms with Gasteiger partial charge in [-0.15, -0.1) is 0 Å². The lowest BCUT2D eigenvalue weighted by Gasteiger charge is -2.12. The van der Waals surface area contributed by atoms with Gasteiger partial charge in [0.25, 0.3) is 0 Å². The quantitative estimate of drug-likeness (QED) is 0.0260. The van der Waals surface area contributed by atoms with Crippen LogP contribution in [0.25, 0.3) is 67.5 Å². The number of aromatic nitrogens is 12. The third-order valence-electron chi connectivity index (χ3n) is 15.1. The summed E-state index contributed by atoms with van der Waals surface area (Å²) in [5.41, 5.74) is 0.200. The van der Waals surface area contributed by atoms with Gasteiger partial charge in [-0.25, -0.2) is 82.7 Å². The Morgan fingerprint density at radius 2 is 0.734 bits per heavy atom. The highest BCUT2D eigenvalue weighted by Gasteiger charge is 2.28. The van der Waals surface area contributed by atoms with Gasteiger partial charge in [0.1, 0.15) is 34.6 Å². The van der Waals surface area contributed by atoms with E-state index in [0.717, 1.165) is 54.1 Å². The minimum atomic E-state index is -3.88. The van der Waals surface area contributed by atoms with E-state index in [1.165, 1.54) is 82.5 Å². The molecule has 9 rings (SSSR count). The molecule has 0 aliphatic heterocycles. The number of halogens is 6. The molecule has 5 unspecified atom stereocenters. The summed E-state index contributed by atoms with van der Waals surface area (Å²) in [6.45, 7) is 5.87. The Kier molecular flexibility index (Phi) is 26.9. The molecular formula is C70H88Cl3F3N18O12S3. The first-order valence-corrected chi connectivity index (χ1v) is 39.3. The number of sulfonamides is 3. The first-order chi connectivity index (χ1) is 53.7. The second-order valence-electron chi connectivity index (χ2n) is 24.7. The topological polar surface area (TPSA) is 384 Å². The summed E-state index contributed by atoms with van der Waals surface area (Å²) in [5.74, 6) is -1.58. The number of amides is 3. The predicted molar refractivity (Wildman–Crippen MR) is 414 cm³/mol. The number of rotatable bonds is 27. The number of hydrogen-bond acceptors (Lipinski definition) is 21. The number of benzene rings is 3. The van der Waals surface area contributed by atoms with Crippen molar-refractivity contribution in [3.8, 4) is 67.5 Å². The number of anilines is 3. The molecule has 6 heterocycles. The normalized spacial score (nSPS) is 14.7. The molecule has 3 amide bonds. The van der Waals surface area contributed by atoms with Crippen molar-refractivity contribution in [2.75, 3.05) is 54.3 Å². The molecule has 0 aliphatic rings. The molecule has 109 heavy (non-hydrogen) atoms. The lowest BCUT2D eigenvalue weighted by Crippen LogP contribution is -2.32. The van der Waals surface area contributed by atoms with Crippen molar-refractivity contribution in [3.05, 3.63) is 142 Å². The van der Waals surface area contributed by atoms with Crippen LogP contribution in [0.2, 0.25) is 15.1 Å². The number of carbonyl (C=O) groups is 3. The summed E-state index contributed by atoms with van der Waals surface area (Å²) in [6.07, 6.45) is 12.3. The fourth-order valence-electron chi connectivity index (χ4n) is 10.1. The minimum absolute atomic E-state index is 0. The summed E-state index contributed by atoms with van der Waals surface area (Å²) in [4.78, 5) is 60.7. The Morgan fingerprint density at radius 3 is 0.982 bits per heavy atom. The number of methoxy groups -OCH3 is 3. The van der Waals surface area contributed by atoms with Gasteiger partial charge in [0.2, 0.25) is 30.1 Å². The number of ether oxygens (including phenoxy) is 3. The fraction of sp³-hybridized carbons (Fsp3) is 0.400. The zero-order valence-electron chi connectivity index (χ0n) is 68.5. The molecule has 39 heteroatoms. The zero-order valence-corrected chi connectivity index (χ0v) is 65.2. The van der Waals surface area contributed by atoms with Crippen LogP contribution in [0.15, 0.2) is 91.8 Å². The summed E-state index contributed by atoms with van der Waals surface area (Å²) >= 11 is 18.6. The van der Waals surface area contributed by atoms with Gasteiger partial charge >= 0.3 is 18.3 Å². The first-order valence-electron chi connectivity index (χ1n) is 36.4. The molecule has 0 fully saturated rings. The Labute approximate surface area is 657 Å². The van der Waals surface area contributed by atoms with Gasteiger partial charge in [0.15, 0.2) is 17.5 Å². The molecule has 6 N–H and O–H groups in total. The maximum atomic E-state index is 15.7. The Morgan fingerprint density at radius 1 is 0.468 bits per heavy atom. The van der Waals surface area contributed by atoms with Crippen LogP contribution in [0.1, 0.15) is 135 Å². The minimum Gasteiger partial charge on any atom is -0.453 e. The van der Waals surface area contributed by atoms with Gasteiger partial charge in [0, 0.05) is 149 Å². The lowest BCUT2D eigenvalue weighted by molar-refractivity contribution is 0.166. The molecule has 6 aromatic heterocycles. The molecule has 590 valence electrons. The molecule has 0 saturated heterocycles. The van der Waals surface area contributed by atoms with Gasteiger partial charge in [-0.05, 0) is 136 Å².